The van der Waals surface area contributed by atoms with Crippen molar-refractivity contribution < 1.29 is 4.39 Å². The van der Waals surface area contributed by atoms with Crippen LogP contribution in [-0.2, 0) is 13.5 Å². The van der Waals surface area contributed by atoms with Crippen LogP contribution < -0.4 is 11.1 Å². The Bertz CT molecular complexity index is 575. The number of anilines is 3. The van der Waals surface area contributed by atoms with Crippen LogP contribution in [0.25, 0.3) is 0 Å². The van der Waals surface area contributed by atoms with E-state index in [1.807, 2.05) is 20.0 Å². The summed E-state index contributed by atoms with van der Waals surface area (Å²) < 4.78 is 15.1. The number of rotatable bonds is 3. The zero-order valence-electron chi connectivity index (χ0n) is 10.8. The van der Waals surface area contributed by atoms with Crippen molar-refractivity contribution in [1.82, 2.24) is 9.78 Å². The van der Waals surface area contributed by atoms with E-state index in [0.29, 0.717) is 22.8 Å². The maximum atomic E-state index is 13.5. The second-order valence-corrected chi connectivity index (χ2v) is 4.28. The molecule has 96 valence electrons. The minimum atomic E-state index is -0.239. The summed E-state index contributed by atoms with van der Waals surface area (Å²) in [7, 11) is 1.81. The molecule has 0 saturated carbocycles. The second kappa shape index (κ2) is 4.68. The molecule has 1 heterocycles. The molecule has 1 aromatic carbocycles. The van der Waals surface area contributed by atoms with Gasteiger partial charge in [-0.2, -0.15) is 5.10 Å². The summed E-state index contributed by atoms with van der Waals surface area (Å²) in [5.74, 6) is 0.451. The van der Waals surface area contributed by atoms with E-state index >= 15 is 0 Å². The highest BCUT2D eigenvalue weighted by Crippen LogP contribution is 2.26. The van der Waals surface area contributed by atoms with Crippen molar-refractivity contribution in [2.24, 2.45) is 7.05 Å². The van der Waals surface area contributed by atoms with E-state index in [4.69, 9.17) is 5.73 Å². The van der Waals surface area contributed by atoms with Crippen LogP contribution in [0.2, 0.25) is 0 Å². The van der Waals surface area contributed by atoms with E-state index in [-0.39, 0.29) is 5.82 Å². The van der Waals surface area contributed by atoms with Crippen molar-refractivity contribution in [2.45, 2.75) is 20.3 Å². The van der Waals surface area contributed by atoms with Crippen molar-refractivity contribution in [3.05, 3.63) is 35.3 Å². The molecule has 0 unspecified atom stereocenters. The maximum Gasteiger partial charge on any atom is 0.152 e. The Balaban J connectivity index is 2.33. The lowest BCUT2D eigenvalue weighted by atomic mass is 10.2. The lowest BCUT2D eigenvalue weighted by molar-refractivity contribution is 0.619. The number of benzene rings is 1. The monoisotopic (exact) mass is 248 g/mol. The molecule has 2 rings (SSSR count). The van der Waals surface area contributed by atoms with Crippen molar-refractivity contribution >= 4 is 17.2 Å². The summed E-state index contributed by atoms with van der Waals surface area (Å²) in [4.78, 5) is 0. The summed E-state index contributed by atoms with van der Waals surface area (Å²) in [5, 5.41) is 7.40. The van der Waals surface area contributed by atoms with Gasteiger partial charge >= 0.3 is 0 Å². The normalized spacial score (nSPS) is 10.7. The standard InChI is InChI=1S/C13H17FN4/c1-4-11-12(15)13(18(3)17-11)16-9-6-5-8(2)10(14)7-9/h5-7,16H,4,15H2,1-3H3. The summed E-state index contributed by atoms with van der Waals surface area (Å²) >= 11 is 0. The largest absolute Gasteiger partial charge is 0.394 e. The molecule has 0 fully saturated rings. The molecule has 3 N–H and O–H groups in total. The van der Waals surface area contributed by atoms with E-state index in [2.05, 4.69) is 10.4 Å². The van der Waals surface area contributed by atoms with Gasteiger partial charge in [-0.3, -0.25) is 4.68 Å². The van der Waals surface area contributed by atoms with Gasteiger partial charge in [-0.05, 0) is 31.0 Å². The Morgan fingerprint density at radius 3 is 2.72 bits per heavy atom. The van der Waals surface area contributed by atoms with Gasteiger partial charge in [-0.1, -0.05) is 13.0 Å². The van der Waals surface area contributed by atoms with E-state index in [1.54, 1.807) is 17.7 Å². The number of nitrogens with one attached hydrogen (secondary N) is 1. The van der Waals surface area contributed by atoms with Crippen LogP contribution >= 0.6 is 0 Å². The van der Waals surface area contributed by atoms with Crippen molar-refractivity contribution in [3.63, 3.8) is 0 Å². The number of aromatic nitrogens is 2. The molecule has 18 heavy (non-hydrogen) atoms. The Morgan fingerprint density at radius 2 is 2.17 bits per heavy atom. The lowest BCUT2D eigenvalue weighted by Crippen LogP contribution is -2.01. The SMILES string of the molecule is CCc1nn(C)c(Nc2ccc(C)c(F)c2)c1N. The van der Waals surface area contributed by atoms with Crippen LogP contribution in [0.15, 0.2) is 18.2 Å². The molecule has 2 aromatic rings. The predicted molar refractivity (Wildman–Crippen MR) is 71.4 cm³/mol. The van der Waals surface area contributed by atoms with Gasteiger partial charge in [0.25, 0.3) is 0 Å². The number of aryl methyl sites for hydroxylation is 3. The summed E-state index contributed by atoms with van der Waals surface area (Å²) in [6.45, 7) is 3.72. The van der Waals surface area contributed by atoms with Gasteiger partial charge in [0.05, 0.1) is 11.4 Å². The van der Waals surface area contributed by atoms with Gasteiger partial charge in [0, 0.05) is 12.7 Å². The minimum absolute atomic E-state index is 0.239. The predicted octanol–water partition coefficient (Wildman–Crippen LogP) is 2.76. The highest BCUT2D eigenvalue weighted by Gasteiger charge is 2.12. The van der Waals surface area contributed by atoms with E-state index in [1.165, 1.54) is 6.07 Å². The first-order valence-electron chi connectivity index (χ1n) is 5.87. The van der Waals surface area contributed by atoms with Crippen LogP contribution in [0.5, 0.6) is 0 Å². The Hall–Kier alpha value is -2.04. The number of nitrogen functional groups attached to an aromatic ring is 1. The topological polar surface area (TPSA) is 55.9 Å². The van der Waals surface area contributed by atoms with Crippen LogP contribution in [0.3, 0.4) is 0 Å². The first-order valence-corrected chi connectivity index (χ1v) is 5.87. The quantitative estimate of drug-likeness (QED) is 0.878. The molecule has 0 aliphatic heterocycles. The molecular formula is C13H17FN4. The zero-order chi connectivity index (χ0) is 13.3. The second-order valence-electron chi connectivity index (χ2n) is 4.28. The zero-order valence-corrected chi connectivity index (χ0v) is 10.8. The average molecular weight is 248 g/mol. The van der Waals surface area contributed by atoms with Crippen LogP contribution in [0, 0.1) is 12.7 Å². The van der Waals surface area contributed by atoms with Crippen molar-refractivity contribution in [1.29, 1.82) is 0 Å². The van der Waals surface area contributed by atoms with Gasteiger partial charge in [-0.25, -0.2) is 4.39 Å². The smallest absolute Gasteiger partial charge is 0.152 e. The van der Waals surface area contributed by atoms with E-state index in [0.717, 1.165) is 12.1 Å². The third-order valence-corrected chi connectivity index (χ3v) is 2.93. The molecule has 0 aliphatic carbocycles. The molecule has 0 amide bonds. The van der Waals surface area contributed by atoms with Gasteiger partial charge in [0.15, 0.2) is 5.82 Å². The first kappa shape index (κ1) is 12.4. The highest BCUT2D eigenvalue weighted by atomic mass is 19.1. The van der Waals surface area contributed by atoms with E-state index in [9.17, 15) is 4.39 Å². The van der Waals surface area contributed by atoms with Gasteiger partial charge in [-0.15, -0.1) is 0 Å². The molecule has 5 heteroatoms. The number of hydrogen-bond acceptors (Lipinski definition) is 3. The van der Waals surface area contributed by atoms with Crippen LogP contribution in [-0.4, -0.2) is 9.78 Å². The number of halogens is 1. The van der Waals surface area contributed by atoms with Gasteiger partial charge < -0.3 is 11.1 Å². The number of nitrogens with zero attached hydrogens (tertiary/aromatic N) is 2. The Kier molecular flexibility index (Phi) is 3.23. The number of nitrogens with two attached hydrogens (primary N) is 1. The fourth-order valence-corrected chi connectivity index (χ4v) is 1.81. The van der Waals surface area contributed by atoms with Crippen LogP contribution in [0.4, 0.5) is 21.6 Å². The van der Waals surface area contributed by atoms with Crippen molar-refractivity contribution in [3.8, 4) is 0 Å². The fraction of sp³-hybridized carbons (Fsp3) is 0.308. The Labute approximate surface area is 106 Å². The molecule has 0 radical (unpaired) electrons. The summed E-state index contributed by atoms with van der Waals surface area (Å²) in [6, 6.07) is 4.99. The third kappa shape index (κ3) is 2.16. The maximum absolute atomic E-state index is 13.5. The molecule has 0 spiro atoms. The number of hydrogen-bond donors (Lipinski definition) is 2. The lowest BCUT2D eigenvalue weighted by Gasteiger charge is -2.08. The van der Waals surface area contributed by atoms with Crippen LogP contribution in [0.1, 0.15) is 18.2 Å². The summed E-state index contributed by atoms with van der Waals surface area (Å²) in [6.07, 6.45) is 0.767. The first-order chi connectivity index (χ1) is 8.52. The summed E-state index contributed by atoms with van der Waals surface area (Å²) in [5.41, 5.74) is 8.72. The molecule has 0 bridgehead atoms. The highest BCUT2D eigenvalue weighted by molar-refractivity contribution is 5.71. The molecule has 0 saturated heterocycles. The third-order valence-electron chi connectivity index (χ3n) is 2.93. The van der Waals surface area contributed by atoms with Crippen molar-refractivity contribution in [2.75, 3.05) is 11.1 Å². The van der Waals surface area contributed by atoms with Gasteiger partial charge in [0.2, 0.25) is 0 Å². The average Bonchev–Trinajstić information content (AvgIpc) is 2.61. The molecule has 1 aromatic heterocycles. The van der Waals surface area contributed by atoms with Gasteiger partial charge in [0.1, 0.15) is 5.82 Å². The molecule has 4 nitrogen and oxygen atoms in total. The minimum Gasteiger partial charge on any atom is -0.394 e. The molecule has 0 atom stereocenters. The fourth-order valence-electron chi connectivity index (χ4n) is 1.81. The molecular weight excluding hydrogens is 231 g/mol. The molecule has 0 aliphatic rings. The van der Waals surface area contributed by atoms with E-state index < -0.39 is 0 Å². The Morgan fingerprint density at radius 1 is 1.44 bits per heavy atom.